The van der Waals surface area contributed by atoms with Gasteiger partial charge in [0.25, 0.3) is 6.01 Å². The van der Waals surface area contributed by atoms with Crippen LogP contribution in [-0.4, -0.2) is 9.97 Å². The largest absolute Gasteiger partial charge is 0.424 e. The Morgan fingerprint density at radius 3 is 2.88 bits per heavy atom. The maximum atomic E-state index is 5.44. The van der Waals surface area contributed by atoms with E-state index in [1.807, 2.05) is 30.3 Å². The summed E-state index contributed by atoms with van der Waals surface area (Å²) in [5.74, 6) is 0.657. The van der Waals surface area contributed by atoms with E-state index >= 15 is 0 Å². The van der Waals surface area contributed by atoms with E-state index in [-0.39, 0.29) is 6.01 Å². The van der Waals surface area contributed by atoms with E-state index in [4.69, 9.17) is 10.2 Å². The standard InChI is InChI=1S/C12H9N3O/c13-12-15-7-11(16-12)9-4-3-8-2-1-5-14-10(8)6-9/h1-7H,(H2,13,15). The third-order valence-corrected chi connectivity index (χ3v) is 2.41. The van der Waals surface area contributed by atoms with Crippen molar-refractivity contribution in [1.29, 1.82) is 0 Å². The van der Waals surface area contributed by atoms with Gasteiger partial charge in [0.1, 0.15) is 0 Å². The maximum Gasteiger partial charge on any atom is 0.292 e. The van der Waals surface area contributed by atoms with Gasteiger partial charge in [-0.15, -0.1) is 0 Å². The minimum absolute atomic E-state index is 0.177. The van der Waals surface area contributed by atoms with Gasteiger partial charge in [-0.3, -0.25) is 4.98 Å². The fourth-order valence-electron chi connectivity index (χ4n) is 1.64. The van der Waals surface area contributed by atoms with Crippen molar-refractivity contribution in [3.63, 3.8) is 0 Å². The molecule has 0 unspecified atom stereocenters. The zero-order chi connectivity index (χ0) is 11.0. The number of nitrogens with two attached hydrogens (primary N) is 1. The first kappa shape index (κ1) is 8.91. The van der Waals surface area contributed by atoms with Crippen molar-refractivity contribution >= 4 is 16.9 Å². The van der Waals surface area contributed by atoms with Crippen LogP contribution in [0.4, 0.5) is 6.01 Å². The topological polar surface area (TPSA) is 64.9 Å². The molecular formula is C12H9N3O. The molecule has 0 radical (unpaired) electrons. The van der Waals surface area contributed by atoms with Gasteiger partial charge in [0.15, 0.2) is 5.76 Å². The van der Waals surface area contributed by atoms with Crippen LogP contribution in [0.1, 0.15) is 0 Å². The maximum absolute atomic E-state index is 5.44. The molecule has 2 N–H and O–H groups in total. The number of oxazole rings is 1. The molecule has 2 aromatic heterocycles. The average Bonchev–Trinajstić information content (AvgIpc) is 2.75. The molecule has 0 saturated carbocycles. The molecule has 2 heterocycles. The summed E-state index contributed by atoms with van der Waals surface area (Å²) in [5, 5.41) is 1.10. The second-order valence-electron chi connectivity index (χ2n) is 3.47. The number of anilines is 1. The van der Waals surface area contributed by atoms with Gasteiger partial charge in [0, 0.05) is 17.1 Å². The van der Waals surface area contributed by atoms with Crippen LogP contribution < -0.4 is 5.73 Å². The van der Waals surface area contributed by atoms with Crippen LogP contribution in [0.3, 0.4) is 0 Å². The molecule has 4 heteroatoms. The summed E-state index contributed by atoms with van der Waals surface area (Å²) in [7, 11) is 0. The molecule has 0 saturated heterocycles. The number of pyridine rings is 1. The van der Waals surface area contributed by atoms with Crippen molar-refractivity contribution in [3.05, 3.63) is 42.7 Å². The number of aromatic nitrogens is 2. The second kappa shape index (κ2) is 3.34. The summed E-state index contributed by atoms with van der Waals surface area (Å²) in [4.78, 5) is 8.14. The molecule has 0 spiro atoms. The number of fused-ring (bicyclic) bond motifs is 1. The van der Waals surface area contributed by atoms with Gasteiger partial charge in [-0.2, -0.15) is 0 Å². The number of nitrogens with zero attached hydrogens (tertiary/aromatic N) is 2. The fourth-order valence-corrected chi connectivity index (χ4v) is 1.64. The van der Waals surface area contributed by atoms with Gasteiger partial charge < -0.3 is 10.2 Å². The Bertz CT molecular complexity index is 645. The summed E-state index contributed by atoms with van der Waals surface area (Å²) < 4.78 is 5.26. The lowest BCUT2D eigenvalue weighted by Crippen LogP contribution is -1.80. The van der Waals surface area contributed by atoms with Gasteiger partial charge in [-0.1, -0.05) is 18.2 Å². The first-order valence-corrected chi connectivity index (χ1v) is 4.89. The van der Waals surface area contributed by atoms with Crippen molar-refractivity contribution in [2.45, 2.75) is 0 Å². The Morgan fingerprint density at radius 1 is 1.12 bits per heavy atom. The molecule has 0 fully saturated rings. The summed E-state index contributed by atoms with van der Waals surface area (Å²) >= 11 is 0. The second-order valence-corrected chi connectivity index (χ2v) is 3.47. The van der Waals surface area contributed by atoms with Gasteiger partial charge in [-0.05, 0) is 12.1 Å². The number of nitrogen functional groups attached to an aromatic ring is 1. The highest BCUT2D eigenvalue weighted by atomic mass is 16.4. The summed E-state index contributed by atoms with van der Waals surface area (Å²) in [6.45, 7) is 0. The molecular weight excluding hydrogens is 202 g/mol. The fraction of sp³-hybridized carbons (Fsp3) is 0. The Balaban J connectivity index is 2.18. The average molecular weight is 211 g/mol. The normalized spacial score (nSPS) is 10.8. The van der Waals surface area contributed by atoms with Crippen LogP contribution in [0, 0.1) is 0 Å². The van der Waals surface area contributed by atoms with E-state index in [0.29, 0.717) is 5.76 Å². The lowest BCUT2D eigenvalue weighted by Gasteiger charge is -1.99. The molecule has 16 heavy (non-hydrogen) atoms. The van der Waals surface area contributed by atoms with Crippen LogP contribution in [0.25, 0.3) is 22.2 Å². The zero-order valence-electron chi connectivity index (χ0n) is 8.42. The summed E-state index contributed by atoms with van der Waals surface area (Å²) in [6.07, 6.45) is 3.38. The molecule has 0 bridgehead atoms. The highest BCUT2D eigenvalue weighted by molar-refractivity contribution is 5.83. The van der Waals surface area contributed by atoms with Gasteiger partial charge in [0.2, 0.25) is 0 Å². The lowest BCUT2D eigenvalue weighted by atomic mass is 10.1. The Kier molecular flexibility index (Phi) is 1.86. The zero-order valence-corrected chi connectivity index (χ0v) is 8.42. The number of rotatable bonds is 1. The molecule has 1 aromatic carbocycles. The third-order valence-electron chi connectivity index (χ3n) is 2.41. The van der Waals surface area contributed by atoms with Crippen molar-refractivity contribution in [2.24, 2.45) is 0 Å². The summed E-state index contributed by atoms with van der Waals surface area (Å²) in [6, 6.07) is 10.0. The highest BCUT2D eigenvalue weighted by Gasteiger charge is 2.04. The predicted octanol–water partition coefficient (Wildman–Crippen LogP) is 2.47. The highest BCUT2D eigenvalue weighted by Crippen LogP contribution is 2.24. The van der Waals surface area contributed by atoms with E-state index < -0.39 is 0 Å². The van der Waals surface area contributed by atoms with Crippen LogP contribution in [0.15, 0.2) is 47.1 Å². The van der Waals surface area contributed by atoms with Crippen LogP contribution >= 0.6 is 0 Å². The van der Waals surface area contributed by atoms with E-state index in [1.54, 1.807) is 12.4 Å². The summed E-state index contributed by atoms with van der Waals surface area (Å²) in [5.41, 5.74) is 7.29. The number of benzene rings is 1. The van der Waals surface area contributed by atoms with Gasteiger partial charge in [-0.25, -0.2) is 4.98 Å². The first-order chi connectivity index (χ1) is 7.83. The Labute approximate surface area is 91.7 Å². The minimum atomic E-state index is 0.177. The number of hydrogen-bond donors (Lipinski definition) is 1. The molecule has 0 amide bonds. The van der Waals surface area contributed by atoms with Gasteiger partial charge in [0.05, 0.1) is 11.7 Å². The molecule has 0 aliphatic carbocycles. The molecule has 0 aliphatic heterocycles. The molecule has 0 aliphatic rings. The Hall–Kier alpha value is -2.36. The predicted molar refractivity (Wildman–Crippen MR) is 61.7 cm³/mol. The van der Waals surface area contributed by atoms with Crippen LogP contribution in [0.5, 0.6) is 0 Å². The van der Waals surface area contributed by atoms with E-state index in [0.717, 1.165) is 16.5 Å². The third kappa shape index (κ3) is 1.40. The van der Waals surface area contributed by atoms with Crippen LogP contribution in [0.2, 0.25) is 0 Å². The monoisotopic (exact) mass is 211 g/mol. The Morgan fingerprint density at radius 2 is 2.06 bits per heavy atom. The molecule has 3 rings (SSSR count). The van der Waals surface area contributed by atoms with Crippen molar-refractivity contribution in [1.82, 2.24) is 9.97 Å². The smallest absolute Gasteiger partial charge is 0.292 e. The van der Waals surface area contributed by atoms with Crippen molar-refractivity contribution in [3.8, 4) is 11.3 Å². The van der Waals surface area contributed by atoms with Crippen molar-refractivity contribution < 1.29 is 4.42 Å². The molecule has 3 aromatic rings. The molecule has 4 nitrogen and oxygen atoms in total. The lowest BCUT2D eigenvalue weighted by molar-refractivity contribution is 0.595. The quantitative estimate of drug-likeness (QED) is 0.671. The van der Waals surface area contributed by atoms with Crippen molar-refractivity contribution in [2.75, 3.05) is 5.73 Å². The van der Waals surface area contributed by atoms with E-state index in [9.17, 15) is 0 Å². The number of hydrogen-bond acceptors (Lipinski definition) is 4. The van der Waals surface area contributed by atoms with E-state index in [1.165, 1.54) is 0 Å². The van der Waals surface area contributed by atoms with Crippen LogP contribution in [-0.2, 0) is 0 Å². The van der Waals surface area contributed by atoms with E-state index in [2.05, 4.69) is 9.97 Å². The SMILES string of the molecule is Nc1ncc(-c2ccc3cccnc3c2)o1. The molecule has 78 valence electrons. The molecule has 0 atom stereocenters. The van der Waals surface area contributed by atoms with Gasteiger partial charge >= 0.3 is 0 Å². The first-order valence-electron chi connectivity index (χ1n) is 4.89. The minimum Gasteiger partial charge on any atom is -0.424 e.